The van der Waals surface area contributed by atoms with Crippen molar-refractivity contribution in [2.75, 3.05) is 33.9 Å². The zero-order valence-corrected chi connectivity index (χ0v) is 18.6. The maximum Gasteiger partial charge on any atom is 0.240 e. The van der Waals surface area contributed by atoms with Gasteiger partial charge in [0.1, 0.15) is 0 Å². The number of amides is 2. The molecule has 10 heteroatoms. The van der Waals surface area contributed by atoms with Gasteiger partial charge in [-0.15, -0.1) is 0 Å². The minimum atomic E-state index is -3.79. The Morgan fingerprint density at radius 2 is 1.90 bits per heavy atom. The molecule has 30 heavy (non-hydrogen) atoms. The Balaban J connectivity index is 1.88. The first-order valence-electron chi connectivity index (χ1n) is 10.1. The number of carbonyl (C=O) groups is 2. The Morgan fingerprint density at radius 1 is 1.17 bits per heavy atom. The fraction of sp³-hybridized carbons (Fsp3) is 0.600. The van der Waals surface area contributed by atoms with Gasteiger partial charge < -0.3 is 19.7 Å². The van der Waals surface area contributed by atoms with E-state index in [4.69, 9.17) is 9.47 Å². The monoisotopic (exact) mass is 441 g/mol. The number of benzene rings is 1. The molecule has 0 saturated carbocycles. The summed E-state index contributed by atoms with van der Waals surface area (Å²) in [6, 6.07) is 4.25. The van der Waals surface area contributed by atoms with Gasteiger partial charge in [0.25, 0.3) is 0 Å². The van der Waals surface area contributed by atoms with E-state index in [1.807, 2.05) is 6.92 Å². The molecule has 1 atom stereocenters. The second-order valence-corrected chi connectivity index (χ2v) is 8.93. The van der Waals surface area contributed by atoms with E-state index in [1.54, 1.807) is 4.90 Å². The van der Waals surface area contributed by atoms with E-state index in [0.717, 1.165) is 19.3 Å². The van der Waals surface area contributed by atoms with Crippen LogP contribution in [0.1, 0.15) is 39.0 Å². The molecule has 1 aromatic rings. The summed E-state index contributed by atoms with van der Waals surface area (Å²) in [5, 5.41) is 2.96. The number of nitrogens with one attached hydrogen (secondary N) is 2. The van der Waals surface area contributed by atoms with Gasteiger partial charge in [0, 0.05) is 44.6 Å². The standard InChI is InChI=1S/C20H31N3O6S/c1-4-6-19(24)22-15-7-5-12-23(14-15)20(25)10-11-21-30(26,27)16-8-9-17(28-2)18(13-16)29-3/h8-9,13,15,21H,4-7,10-12,14H2,1-3H3,(H,22,24). The number of piperidine rings is 1. The fourth-order valence-corrected chi connectivity index (χ4v) is 4.41. The lowest BCUT2D eigenvalue weighted by molar-refractivity contribution is -0.133. The topological polar surface area (TPSA) is 114 Å². The first kappa shape index (κ1) is 23.9. The van der Waals surface area contributed by atoms with Gasteiger partial charge in [0.05, 0.1) is 19.1 Å². The molecule has 0 aliphatic carbocycles. The molecule has 1 aromatic carbocycles. The van der Waals surface area contributed by atoms with Gasteiger partial charge in [-0.25, -0.2) is 13.1 Å². The molecule has 0 spiro atoms. The molecule has 2 rings (SSSR count). The van der Waals surface area contributed by atoms with Gasteiger partial charge in [-0.2, -0.15) is 0 Å². The lowest BCUT2D eigenvalue weighted by Crippen LogP contribution is -2.50. The van der Waals surface area contributed by atoms with Crippen molar-refractivity contribution in [2.24, 2.45) is 0 Å². The van der Waals surface area contributed by atoms with Crippen LogP contribution in [0.4, 0.5) is 0 Å². The molecule has 1 unspecified atom stereocenters. The first-order valence-corrected chi connectivity index (χ1v) is 11.6. The number of sulfonamides is 1. The predicted molar refractivity (Wildman–Crippen MR) is 112 cm³/mol. The second kappa shape index (κ2) is 11.2. The van der Waals surface area contributed by atoms with Gasteiger partial charge in [-0.3, -0.25) is 9.59 Å². The molecule has 2 amide bonds. The Morgan fingerprint density at radius 3 is 2.57 bits per heavy atom. The van der Waals surface area contributed by atoms with E-state index in [2.05, 4.69) is 10.0 Å². The van der Waals surface area contributed by atoms with Gasteiger partial charge in [0.15, 0.2) is 11.5 Å². The normalized spacial score (nSPS) is 16.8. The third-order valence-electron chi connectivity index (χ3n) is 4.91. The number of ether oxygens (including phenoxy) is 2. The molecule has 1 saturated heterocycles. The Kier molecular flexibility index (Phi) is 8.91. The maximum absolute atomic E-state index is 12.5. The fourth-order valence-electron chi connectivity index (χ4n) is 3.37. The molecule has 1 heterocycles. The Labute approximate surface area is 178 Å². The molecule has 1 aliphatic heterocycles. The third-order valence-corrected chi connectivity index (χ3v) is 6.37. The van der Waals surface area contributed by atoms with E-state index < -0.39 is 10.0 Å². The van der Waals surface area contributed by atoms with Crippen molar-refractivity contribution >= 4 is 21.8 Å². The summed E-state index contributed by atoms with van der Waals surface area (Å²) in [5.74, 6) is 0.595. The van der Waals surface area contributed by atoms with E-state index in [9.17, 15) is 18.0 Å². The zero-order valence-electron chi connectivity index (χ0n) is 17.8. The summed E-state index contributed by atoms with van der Waals surface area (Å²) in [4.78, 5) is 26.0. The van der Waals surface area contributed by atoms with Crippen LogP contribution in [-0.4, -0.2) is 65.0 Å². The van der Waals surface area contributed by atoms with Crippen molar-refractivity contribution in [1.29, 1.82) is 0 Å². The summed E-state index contributed by atoms with van der Waals surface area (Å²) >= 11 is 0. The number of likely N-dealkylation sites (tertiary alicyclic amines) is 1. The highest BCUT2D eigenvalue weighted by Crippen LogP contribution is 2.29. The SMILES string of the molecule is CCCC(=O)NC1CCCN(C(=O)CCNS(=O)(=O)c2ccc(OC)c(OC)c2)C1. The number of methoxy groups -OCH3 is 2. The van der Waals surface area contributed by atoms with E-state index in [0.29, 0.717) is 31.0 Å². The molecular formula is C20H31N3O6S. The average Bonchev–Trinajstić information content (AvgIpc) is 2.73. The van der Waals surface area contributed by atoms with Crippen LogP contribution < -0.4 is 19.5 Å². The number of hydrogen-bond donors (Lipinski definition) is 2. The smallest absolute Gasteiger partial charge is 0.240 e. The molecule has 9 nitrogen and oxygen atoms in total. The summed E-state index contributed by atoms with van der Waals surface area (Å²) in [6.07, 6.45) is 2.94. The molecule has 168 valence electrons. The van der Waals surface area contributed by atoms with E-state index in [1.165, 1.54) is 32.4 Å². The van der Waals surface area contributed by atoms with Crippen LogP contribution in [-0.2, 0) is 19.6 Å². The highest BCUT2D eigenvalue weighted by atomic mass is 32.2. The number of nitrogens with zero attached hydrogens (tertiary/aromatic N) is 1. The highest BCUT2D eigenvalue weighted by molar-refractivity contribution is 7.89. The van der Waals surface area contributed by atoms with Crippen molar-refractivity contribution in [1.82, 2.24) is 14.9 Å². The molecular weight excluding hydrogens is 410 g/mol. The molecule has 0 bridgehead atoms. The summed E-state index contributed by atoms with van der Waals surface area (Å²) in [6.45, 7) is 3.00. The van der Waals surface area contributed by atoms with Crippen LogP contribution in [0.15, 0.2) is 23.1 Å². The van der Waals surface area contributed by atoms with Crippen LogP contribution in [0.25, 0.3) is 0 Å². The number of carbonyl (C=O) groups excluding carboxylic acids is 2. The lowest BCUT2D eigenvalue weighted by atomic mass is 10.0. The van der Waals surface area contributed by atoms with Crippen molar-refractivity contribution in [3.8, 4) is 11.5 Å². The third kappa shape index (κ3) is 6.60. The van der Waals surface area contributed by atoms with Gasteiger partial charge >= 0.3 is 0 Å². The average molecular weight is 442 g/mol. The van der Waals surface area contributed by atoms with Crippen LogP contribution in [0.2, 0.25) is 0 Å². The Hall–Kier alpha value is -2.33. The number of hydrogen-bond acceptors (Lipinski definition) is 6. The highest BCUT2D eigenvalue weighted by Gasteiger charge is 2.25. The van der Waals surface area contributed by atoms with E-state index in [-0.39, 0.29) is 35.7 Å². The minimum Gasteiger partial charge on any atom is -0.493 e. The van der Waals surface area contributed by atoms with Crippen LogP contribution >= 0.6 is 0 Å². The van der Waals surface area contributed by atoms with E-state index >= 15 is 0 Å². The summed E-state index contributed by atoms with van der Waals surface area (Å²) in [7, 11) is -0.895. The quantitative estimate of drug-likeness (QED) is 0.565. The minimum absolute atomic E-state index is 0.000483. The largest absolute Gasteiger partial charge is 0.493 e. The van der Waals surface area contributed by atoms with Crippen molar-refractivity contribution in [3.63, 3.8) is 0 Å². The van der Waals surface area contributed by atoms with Gasteiger partial charge in [-0.05, 0) is 31.4 Å². The number of rotatable bonds is 10. The summed E-state index contributed by atoms with van der Waals surface area (Å²) < 4.78 is 37.7. The first-order chi connectivity index (χ1) is 14.3. The van der Waals surface area contributed by atoms with Crippen LogP contribution in [0.3, 0.4) is 0 Å². The predicted octanol–water partition coefficient (Wildman–Crippen LogP) is 1.28. The maximum atomic E-state index is 12.5. The van der Waals surface area contributed by atoms with Crippen LogP contribution in [0.5, 0.6) is 11.5 Å². The molecule has 0 radical (unpaired) electrons. The molecule has 0 aromatic heterocycles. The van der Waals surface area contributed by atoms with Crippen molar-refractivity contribution in [3.05, 3.63) is 18.2 Å². The van der Waals surface area contributed by atoms with Crippen molar-refractivity contribution < 1.29 is 27.5 Å². The Bertz CT molecular complexity index is 843. The lowest BCUT2D eigenvalue weighted by Gasteiger charge is -2.33. The van der Waals surface area contributed by atoms with Gasteiger partial charge in [0.2, 0.25) is 21.8 Å². The summed E-state index contributed by atoms with van der Waals surface area (Å²) in [5.41, 5.74) is 0. The molecule has 2 N–H and O–H groups in total. The zero-order chi connectivity index (χ0) is 22.1. The van der Waals surface area contributed by atoms with Crippen LogP contribution in [0, 0.1) is 0 Å². The van der Waals surface area contributed by atoms with Crippen molar-refractivity contribution in [2.45, 2.75) is 50.0 Å². The molecule has 1 fully saturated rings. The molecule has 1 aliphatic rings. The second-order valence-electron chi connectivity index (χ2n) is 7.16. The van der Waals surface area contributed by atoms with Gasteiger partial charge in [-0.1, -0.05) is 6.92 Å².